The van der Waals surface area contributed by atoms with Crippen LogP contribution in [-0.2, 0) is 11.3 Å². The summed E-state index contributed by atoms with van der Waals surface area (Å²) >= 11 is 6.20. The van der Waals surface area contributed by atoms with Crippen molar-refractivity contribution in [3.05, 3.63) is 53.6 Å². The molecule has 3 rings (SSSR count). The van der Waals surface area contributed by atoms with Crippen LogP contribution in [0.4, 0.5) is 4.79 Å². The number of amides is 2. The zero-order valence-electron chi connectivity index (χ0n) is 16.5. The van der Waals surface area contributed by atoms with Gasteiger partial charge < -0.3 is 10.4 Å². The average Bonchev–Trinajstić information content (AvgIpc) is 3.26. The minimum atomic E-state index is -0.997. The van der Waals surface area contributed by atoms with E-state index in [0.29, 0.717) is 17.1 Å². The van der Waals surface area contributed by atoms with E-state index < -0.39 is 17.6 Å². The molecule has 2 aromatic rings. The number of nitrogens with zero attached hydrogens (tertiary/aromatic N) is 4. The summed E-state index contributed by atoms with van der Waals surface area (Å²) in [6, 6.07) is 3.32. The molecule has 2 atom stereocenters. The van der Waals surface area contributed by atoms with Gasteiger partial charge >= 0.3 is 6.09 Å². The van der Waals surface area contributed by atoms with E-state index in [0.717, 1.165) is 5.69 Å². The van der Waals surface area contributed by atoms with Crippen molar-refractivity contribution in [1.82, 2.24) is 25.0 Å². The molecule has 0 saturated carbocycles. The first-order chi connectivity index (χ1) is 13.7. The van der Waals surface area contributed by atoms with E-state index in [9.17, 15) is 14.7 Å². The Morgan fingerprint density at radius 3 is 2.76 bits per heavy atom. The summed E-state index contributed by atoms with van der Waals surface area (Å²) in [6.07, 6.45) is 8.06. The fraction of sp³-hybridized carbons (Fsp3) is 0.400. The van der Waals surface area contributed by atoms with Crippen molar-refractivity contribution < 1.29 is 14.7 Å². The molecule has 29 heavy (non-hydrogen) atoms. The van der Waals surface area contributed by atoms with Crippen LogP contribution in [0.15, 0.2) is 42.9 Å². The van der Waals surface area contributed by atoms with Crippen LogP contribution in [0.5, 0.6) is 0 Å². The average molecular weight is 418 g/mol. The van der Waals surface area contributed by atoms with Crippen molar-refractivity contribution >= 4 is 23.6 Å². The van der Waals surface area contributed by atoms with Gasteiger partial charge in [0.15, 0.2) is 5.15 Å². The van der Waals surface area contributed by atoms with Crippen molar-refractivity contribution in [3.63, 3.8) is 0 Å². The molecular formula is C20H24ClN5O3. The van der Waals surface area contributed by atoms with Crippen LogP contribution in [-0.4, -0.2) is 48.4 Å². The van der Waals surface area contributed by atoms with Gasteiger partial charge in [-0.05, 0) is 39.3 Å². The van der Waals surface area contributed by atoms with Gasteiger partial charge in [0, 0.05) is 30.0 Å². The zero-order valence-corrected chi connectivity index (χ0v) is 17.3. The monoisotopic (exact) mass is 417 g/mol. The Labute approximate surface area is 174 Å². The predicted molar refractivity (Wildman–Crippen MR) is 109 cm³/mol. The van der Waals surface area contributed by atoms with Gasteiger partial charge in [-0.3, -0.25) is 14.7 Å². The molecule has 1 aliphatic rings. The fourth-order valence-corrected chi connectivity index (χ4v) is 3.63. The number of pyridine rings is 1. The molecule has 8 nitrogen and oxygen atoms in total. The first kappa shape index (κ1) is 20.9. The number of carboxylic acid groups (broad SMARTS) is 1. The molecule has 154 valence electrons. The van der Waals surface area contributed by atoms with Gasteiger partial charge in [0.2, 0.25) is 5.91 Å². The minimum Gasteiger partial charge on any atom is -0.465 e. The van der Waals surface area contributed by atoms with E-state index in [1.807, 2.05) is 26.8 Å². The largest absolute Gasteiger partial charge is 0.465 e. The summed E-state index contributed by atoms with van der Waals surface area (Å²) in [5, 5.41) is 16.9. The molecule has 0 aromatic carbocycles. The highest BCUT2D eigenvalue weighted by atomic mass is 35.5. The molecule has 0 unspecified atom stereocenters. The Kier molecular flexibility index (Phi) is 5.93. The van der Waals surface area contributed by atoms with Crippen LogP contribution >= 0.6 is 11.6 Å². The number of rotatable bonds is 5. The normalized spacial score (nSPS) is 18.6. The smallest absolute Gasteiger partial charge is 0.408 e. The van der Waals surface area contributed by atoms with Crippen LogP contribution < -0.4 is 5.32 Å². The van der Waals surface area contributed by atoms with Crippen LogP contribution in [0.1, 0.15) is 32.8 Å². The second-order valence-corrected chi connectivity index (χ2v) is 8.29. The molecule has 2 heterocycles. The van der Waals surface area contributed by atoms with Gasteiger partial charge in [0.1, 0.15) is 0 Å². The van der Waals surface area contributed by atoms with Gasteiger partial charge in [-0.2, -0.15) is 5.10 Å². The molecule has 0 bridgehead atoms. The van der Waals surface area contributed by atoms with Crippen molar-refractivity contribution in [2.45, 2.75) is 45.3 Å². The maximum absolute atomic E-state index is 12.6. The lowest BCUT2D eigenvalue weighted by atomic mass is 10.0. The third-order valence-electron chi connectivity index (χ3n) is 4.76. The number of halogens is 1. The molecular weight excluding hydrogens is 394 g/mol. The second kappa shape index (κ2) is 8.24. The van der Waals surface area contributed by atoms with Gasteiger partial charge in [0.05, 0.1) is 23.8 Å². The standard InChI is InChI=1S/C20H24ClN5O3/c1-20(2,3)26(19(28)29)15-7-6-13(9-15)18(27)23-10-14-12-25(24-17(14)21)16-5-4-8-22-11-16/h4-8,11-13,15H,9-10H2,1-3H3,(H,23,27)(H,28,29)/t13-,15+/m1/s1. The highest BCUT2D eigenvalue weighted by Crippen LogP contribution is 2.28. The summed E-state index contributed by atoms with van der Waals surface area (Å²) in [6.45, 7) is 5.74. The highest BCUT2D eigenvalue weighted by Gasteiger charge is 2.36. The molecule has 0 spiro atoms. The summed E-state index contributed by atoms with van der Waals surface area (Å²) in [7, 11) is 0. The number of hydrogen-bond donors (Lipinski definition) is 2. The lowest BCUT2D eigenvalue weighted by Crippen LogP contribution is -2.50. The molecule has 0 radical (unpaired) electrons. The first-order valence-electron chi connectivity index (χ1n) is 9.29. The molecule has 0 saturated heterocycles. The Hall–Kier alpha value is -2.87. The number of aromatic nitrogens is 3. The Morgan fingerprint density at radius 2 is 2.14 bits per heavy atom. The molecule has 0 fully saturated rings. The first-order valence-corrected chi connectivity index (χ1v) is 9.67. The van der Waals surface area contributed by atoms with Crippen molar-refractivity contribution in [2.24, 2.45) is 5.92 Å². The number of hydrogen-bond acceptors (Lipinski definition) is 4. The maximum atomic E-state index is 12.6. The molecule has 2 aromatic heterocycles. The predicted octanol–water partition coefficient (Wildman–Crippen LogP) is 3.26. The summed E-state index contributed by atoms with van der Waals surface area (Å²) in [4.78, 5) is 29.7. The molecule has 2 amide bonds. The Bertz CT molecular complexity index is 920. The SMILES string of the molecule is CC(C)(C)N(C(=O)O)[C@H]1C=C[C@@H](C(=O)NCc2cn(-c3cccnc3)nc2Cl)C1. The van der Waals surface area contributed by atoms with Crippen LogP contribution in [0.2, 0.25) is 5.15 Å². The van der Waals surface area contributed by atoms with Gasteiger partial charge in [-0.1, -0.05) is 23.8 Å². The zero-order chi connectivity index (χ0) is 21.2. The number of carbonyl (C=O) groups excluding carboxylic acids is 1. The lowest BCUT2D eigenvalue weighted by molar-refractivity contribution is -0.124. The maximum Gasteiger partial charge on any atom is 0.408 e. The van der Waals surface area contributed by atoms with Gasteiger partial charge in [-0.25, -0.2) is 9.48 Å². The van der Waals surface area contributed by atoms with E-state index in [1.54, 1.807) is 41.5 Å². The van der Waals surface area contributed by atoms with E-state index in [4.69, 9.17) is 11.6 Å². The van der Waals surface area contributed by atoms with Crippen LogP contribution in [0, 0.1) is 5.92 Å². The summed E-state index contributed by atoms with van der Waals surface area (Å²) in [5.74, 6) is -0.565. The van der Waals surface area contributed by atoms with E-state index >= 15 is 0 Å². The highest BCUT2D eigenvalue weighted by molar-refractivity contribution is 6.30. The van der Waals surface area contributed by atoms with Gasteiger partial charge in [0.25, 0.3) is 0 Å². The van der Waals surface area contributed by atoms with Crippen molar-refractivity contribution in [1.29, 1.82) is 0 Å². The Morgan fingerprint density at radius 1 is 1.38 bits per heavy atom. The van der Waals surface area contributed by atoms with E-state index in [-0.39, 0.29) is 18.5 Å². The lowest BCUT2D eigenvalue weighted by Gasteiger charge is -2.37. The number of nitrogens with one attached hydrogen (secondary N) is 1. The minimum absolute atomic E-state index is 0.173. The molecule has 1 aliphatic carbocycles. The molecule has 2 N–H and O–H groups in total. The van der Waals surface area contributed by atoms with Crippen LogP contribution in [0.25, 0.3) is 5.69 Å². The van der Waals surface area contributed by atoms with E-state index in [1.165, 1.54) is 4.90 Å². The summed E-state index contributed by atoms with van der Waals surface area (Å²) < 4.78 is 1.61. The number of carbonyl (C=O) groups is 2. The summed E-state index contributed by atoms with van der Waals surface area (Å²) in [5.41, 5.74) is 0.898. The van der Waals surface area contributed by atoms with Gasteiger partial charge in [-0.15, -0.1) is 0 Å². The van der Waals surface area contributed by atoms with Crippen molar-refractivity contribution in [2.75, 3.05) is 0 Å². The molecule has 0 aliphatic heterocycles. The van der Waals surface area contributed by atoms with Crippen molar-refractivity contribution in [3.8, 4) is 5.69 Å². The quantitative estimate of drug-likeness (QED) is 0.727. The van der Waals surface area contributed by atoms with E-state index in [2.05, 4.69) is 15.4 Å². The topological polar surface area (TPSA) is 100 Å². The third kappa shape index (κ3) is 4.76. The third-order valence-corrected chi connectivity index (χ3v) is 5.08. The second-order valence-electron chi connectivity index (χ2n) is 7.94. The molecule has 9 heteroatoms. The van der Waals surface area contributed by atoms with Crippen LogP contribution in [0.3, 0.4) is 0 Å². The Balaban J connectivity index is 1.61. The fourth-order valence-electron chi connectivity index (χ4n) is 3.43.